The van der Waals surface area contributed by atoms with Crippen molar-refractivity contribution in [2.45, 2.75) is 26.5 Å². The fourth-order valence-corrected chi connectivity index (χ4v) is 2.88. The molecule has 0 amide bonds. The molecule has 7 heteroatoms. The molecule has 0 radical (unpaired) electrons. The molecule has 0 bridgehead atoms. The smallest absolute Gasteiger partial charge is 0.246 e. The minimum absolute atomic E-state index is 0.0455. The first-order valence-electron chi connectivity index (χ1n) is 8.09. The van der Waals surface area contributed by atoms with Crippen molar-refractivity contribution in [3.63, 3.8) is 0 Å². The first kappa shape index (κ1) is 16.4. The van der Waals surface area contributed by atoms with Crippen LogP contribution >= 0.6 is 0 Å². The Hall–Kier alpha value is -2.41. The molecule has 1 N–H and O–H groups in total. The van der Waals surface area contributed by atoms with Gasteiger partial charge < -0.3 is 19.5 Å². The quantitative estimate of drug-likeness (QED) is 0.684. The van der Waals surface area contributed by atoms with Gasteiger partial charge in [-0.2, -0.15) is 4.98 Å². The second-order valence-electron chi connectivity index (χ2n) is 5.80. The van der Waals surface area contributed by atoms with E-state index in [2.05, 4.69) is 50.5 Å². The Morgan fingerprint density at radius 3 is 2.92 bits per heavy atom. The summed E-state index contributed by atoms with van der Waals surface area (Å²) in [5, 5.41) is 7.07. The summed E-state index contributed by atoms with van der Waals surface area (Å²) in [6, 6.07) is 8.34. The zero-order chi connectivity index (χ0) is 16.9. The van der Waals surface area contributed by atoms with Crippen LogP contribution in [0, 0.1) is 13.8 Å². The number of rotatable bonds is 3. The van der Waals surface area contributed by atoms with Gasteiger partial charge in [-0.25, -0.2) is 0 Å². The van der Waals surface area contributed by atoms with E-state index in [1.54, 1.807) is 14.0 Å². The van der Waals surface area contributed by atoms with Crippen molar-refractivity contribution in [1.82, 2.24) is 20.4 Å². The van der Waals surface area contributed by atoms with Gasteiger partial charge in [0.1, 0.15) is 6.10 Å². The number of hydrogen-bond donors (Lipinski definition) is 1. The van der Waals surface area contributed by atoms with Crippen LogP contribution in [-0.4, -0.2) is 47.7 Å². The van der Waals surface area contributed by atoms with Crippen molar-refractivity contribution in [2.24, 2.45) is 4.99 Å². The van der Waals surface area contributed by atoms with E-state index in [-0.39, 0.29) is 6.10 Å². The zero-order valence-corrected chi connectivity index (χ0v) is 14.3. The average molecular weight is 329 g/mol. The molecule has 128 valence electrons. The third-order valence-electron chi connectivity index (χ3n) is 4.08. The van der Waals surface area contributed by atoms with E-state index in [1.807, 2.05) is 6.07 Å². The number of guanidine groups is 1. The van der Waals surface area contributed by atoms with Gasteiger partial charge in [-0.15, -0.1) is 0 Å². The molecule has 1 unspecified atom stereocenters. The van der Waals surface area contributed by atoms with Crippen LogP contribution in [0.25, 0.3) is 0 Å². The summed E-state index contributed by atoms with van der Waals surface area (Å²) in [7, 11) is 1.78. The predicted octanol–water partition coefficient (Wildman–Crippen LogP) is 1.84. The monoisotopic (exact) mass is 329 g/mol. The molecule has 3 rings (SSSR count). The average Bonchev–Trinajstić information content (AvgIpc) is 3.01. The number of nitrogens with zero attached hydrogens (tertiary/aromatic N) is 4. The Morgan fingerprint density at radius 2 is 2.21 bits per heavy atom. The molecule has 1 aliphatic rings. The molecule has 7 nitrogen and oxygen atoms in total. The van der Waals surface area contributed by atoms with Gasteiger partial charge in [0.15, 0.2) is 11.8 Å². The van der Waals surface area contributed by atoms with E-state index in [1.165, 1.54) is 11.1 Å². The maximum Gasteiger partial charge on any atom is 0.246 e. The SMILES string of the molecule is CN=C(NCc1nc(C)no1)N1CCOC(c2ccccc2C)C1. The number of benzene rings is 1. The van der Waals surface area contributed by atoms with E-state index in [0.29, 0.717) is 24.9 Å². The molecule has 2 heterocycles. The lowest BCUT2D eigenvalue weighted by molar-refractivity contribution is -0.00837. The first-order chi connectivity index (χ1) is 11.7. The van der Waals surface area contributed by atoms with Crippen molar-refractivity contribution in [1.29, 1.82) is 0 Å². The lowest BCUT2D eigenvalue weighted by Crippen LogP contribution is -2.48. The van der Waals surface area contributed by atoms with E-state index < -0.39 is 0 Å². The zero-order valence-electron chi connectivity index (χ0n) is 14.3. The number of aliphatic imine (C=N–C) groups is 1. The summed E-state index contributed by atoms with van der Waals surface area (Å²) in [5.41, 5.74) is 2.47. The molecule has 24 heavy (non-hydrogen) atoms. The molecule has 1 aliphatic heterocycles. The van der Waals surface area contributed by atoms with Gasteiger partial charge in [0.2, 0.25) is 5.89 Å². The van der Waals surface area contributed by atoms with Crippen LogP contribution in [0.3, 0.4) is 0 Å². The molecule has 1 saturated heterocycles. The molecule has 2 aromatic rings. The van der Waals surface area contributed by atoms with Crippen molar-refractivity contribution in [3.05, 3.63) is 47.1 Å². The standard InChI is InChI=1S/C17H23N5O2/c1-12-6-4-5-7-14(12)15-11-22(8-9-23-15)17(18-3)19-10-16-20-13(2)21-24-16/h4-7,15H,8-11H2,1-3H3,(H,18,19). The van der Waals surface area contributed by atoms with Gasteiger partial charge in [0, 0.05) is 13.6 Å². The lowest BCUT2D eigenvalue weighted by Gasteiger charge is -2.35. The number of hydrogen-bond acceptors (Lipinski definition) is 5. The second kappa shape index (κ2) is 7.44. The minimum atomic E-state index is 0.0455. The molecule has 1 fully saturated rings. The highest BCUT2D eigenvalue weighted by atomic mass is 16.5. The van der Waals surface area contributed by atoms with E-state index in [0.717, 1.165) is 19.0 Å². The van der Waals surface area contributed by atoms with Gasteiger partial charge in [0.25, 0.3) is 0 Å². The van der Waals surface area contributed by atoms with E-state index >= 15 is 0 Å². The maximum atomic E-state index is 5.97. The Balaban J connectivity index is 1.65. The van der Waals surface area contributed by atoms with Crippen molar-refractivity contribution in [2.75, 3.05) is 26.7 Å². The maximum absolute atomic E-state index is 5.97. The molecule has 1 atom stereocenters. The first-order valence-corrected chi connectivity index (χ1v) is 8.09. The third kappa shape index (κ3) is 3.73. The van der Waals surface area contributed by atoms with Gasteiger partial charge in [0.05, 0.1) is 19.7 Å². The summed E-state index contributed by atoms with van der Waals surface area (Å²) < 4.78 is 11.1. The summed E-state index contributed by atoms with van der Waals surface area (Å²) in [5.74, 6) is 2.00. The fraction of sp³-hybridized carbons (Fsp3) is 0.471. The Kier molecular flexibility index (Phi) is 5.10. The normalized spacial score (nSPS) is 18.7. The highest BCUT2D eigenvalue weighted by Gasteiger charge is 2.25. The van der Waals surface area contributed by atoms with Gasteiger partial charge >= 0.3 is 0 Å². The molecule has 1 aromatic heterocycles. The van der Waals surface area contributed by atoms with Crippen molar-refractivity contribution < 1.29 is 9.26 Å². The Bertz CT molecular complexity index is 713. The fourth-order valence-electron chi connectivity index (χ4n) is 2.88. The summed E-state index contributed by atoms with van der Waals surface area (Å²) >= 11 is 0. The molecule has 1 aromatic carbocycles. The summed E-state index contributed by atoms with van der Waals surface area (Å²) in [4.78, 5) is 10.8. The molecular weight excluding hydrogens is 306 g/mol. The topological polar surface area (TPSA) is 75.8 Å². The van der Waals surface area contributed by atoms with Crippen LogP contribution in [-0.2, 0) is 11.3 Å². The van der Waals surface area contributed by atoms with Gasteiger partial charge in [-0.05, 0) is 25.0 Å². The van der Waals surface area contributed by atoms with Crippen LogP contribution in [0.1, 0.15) is 28.9 Å². The number of nitrogens with one attached hydrogen (secondary N) is 1. The number of aromatic nitrogens is 2. The molecule has 0 saturated carbocycles. The van der Waals surface area contributed by atoms with Crippen LogP contribution in [0.4, 0.5) is 0 Å². The molecule has 0 aliphatic carbocycles. The van der Waals surface area contributed by atoms with E-state index in [4.69, 9.17) is 9.26 Å². The number of aryl methyl sites for hydroxylation is 2. The largest absolute Gasteiger partial charge is 0.370 e. The van der Waals surface area contributed by atoms with Crippen LogP contribution in [0.5, 0.6) is 0 Å². The summed E-state index contributed by atoms with van der Waals surface area (Å²) in [6.45, 7) is 6.59. The Labute approximate surface area is 141 Å². The highest BCUT2D eigenvalue weighted by Crippen LogP contribution is 2.24. The Morgan fingerprint density at radius 1 is 1.38 bits per heavy atom. The van der Waals surface area contributed by atoms with Crippen LogP contribution < -0.4 is 5.32 Å². The predicted molar refractivity (Wildman–Crippen MR) is 90.7 cm³/mol. The number of ether oxygens (including phenoxy) is 1. The lowest BCUT2D eigenvalue weighted by atomic mass is 10.0. The third-order valence-corrected chi connectivity index (χ3v) is 4.08. The van der Waals surface area contributed by atoms with E-state index in [9.17, 15) is 0 Å². The van der Waals surface area contributed by atoms with Gasteiger partial charge in [-0.3, -0.25) is 4.99 Å². The molecular formula is C17H23N5O2. The minimum Gasteiger partial charge on any atom is -0.370 e. The van der Waals surface area contributed by atoms with Crippen molar-refractivity contribution in [3.8, 4) is 0 Å². The molecule has 0 spiro atoms. The highest BCUT2D eigenvalue weighted by molar-refractivity contribution is 5.79. The number of morpholine rings is 1. The second-order valence-corrected chi connectivity index (χ2v) is 5.80. The van der Waals surface area contributed by atoms with Crippen LogP contribution in [0.2, 0.25) is 0 Å². The van der Waals surface area contributed by atoms with Crippen molar-refractivity contribution >= 4 is 5.96 Å². The van der Waals surface area contributed by atoms with Gasteiger partial charge in [-0.1, -0.05) is 29.4 Å². The van der Waals surface area contributed by atoms with Crippen LogP contribution in [0.15, 0.2) is 33.8 Å². The summed E-state index contributed by atoms with van der Waals surface area (Å²) in [6.07, 6.45) is 0.0455.